The van der Waals surface area contributed by atoms with E-state index in [1.54, 1.807) is 13.0 Å². The fourth-order valence-electron chi connectivity index (χ4n) is 2.95. The zero-order chi connectivity index (χ0) is 19.3. The number of ether oxygens (including phenoxy) is 1. The molecular weight excluding hydrogens is 354 g/mol. The minimum Gasteiger partial charge on any atom is -0.449 e. The molecule has 142 valence electrons. The van der Waals surface area contributed by atoms with Gasteiger partial charge in [0, 0.05) is 18.7 Å². The summed E-state index contributed by atoms with van der Waals surface area (Å²) in [6.45, 7) is 5.64. The number of amides is 1. The first-order chi connectivity index (χ1) is 12.2. The van der Waals surface area contributed by atoms with Gasteiger partial charge in [-0.15, -0.1) is 0 Å². The van der Waals surface area contributed by atoms with Crippen molar-refractivity contribution in [1.29, 1.82) is 0 Å². The van der Waals surface area contributed by atoms with Crippen LogP contribution in [0.25, 0.3) is 6.08 Å². The molecule has 7 heteroatoms. The SMILES string of the molecule is CCN(C(=O)C(C)OC(=O)/C=C/c1ccc(C)cc1)C1CCS(=O)(=O)C1. The highest BCUT2D eigenvalue weighted by Crippen LogP contribution is 2.19. The Morgan fingerprint density at radius 3 is 2.50 bits per heavy atom. The molecule has 0 N–H and O–H groups in total. The van der Waals surface area contributed by atoms with E-state index in [4.69, 9.17) is 4.74 Å². The smallest absolute Gasteiger partial charge is 0.331 e. The lowest BCUT2D eigenvalue weighted by Gasteiger charge is -2.29. The highest BCUT2D eigenvalue weighted by molar-refractivity contribution is 7.91. The number of likely N-dealkylation sites (N-methyl/N-ethyl adjacent to an activating group) is 1. The summed E-state index contributed by atoms with van der Waals surface area (Å²) in [5, 5.41) is 0. The van der Waals surface area contributed by atoms with Gasteiger partial charge in [0.25, 0.3) is 5.91 Å². The van der Waals surface area contributed by atoms with Crippen molar-refractivity contribution in [3.8, 4) is 0 Å². The van der Waals surface area contributed by atoms with Gasteiger partial charge in [-0.3, -0.25) is 4.79 Å². The zero-order valence-electron chi connectivity index (χ0n) is 15.3. The molecule has 26 heavy (non-hydrogen) atoms. The lowest BCUT2D eigenvalue weighted by atomic mass is 10.1. The number of hydrogen-bond donors (Lipinski definition) is 0. The van der Waals surface area contributed by atoms with E-state index in [1.807, 2.05) is 31.2 Å². The van der Waals surface area contributed by atoms with Gasteiger partial charge in [-0.05, 0) is 38.8 Å². The van der Waals surface area contributed by atoms with Crippen molar-refractivity contribution >= 4 is 27.8 Å². The van der Waals surface area contributed by atoms with Gasteiger partial charge in [0.15, 0.2) is 15.9 Å². The number of esters is 1. The number of sulfone groups is 1. The lowest BCUT2D eigenvalue weighted by Crippen LogP contribution is -2.46. The van der Waals surface area contributed by atoms with Crippen LogP contribution in [0.4, 0.5) is 0 Å². The van der Waals surface area contributed by atoms with Gasteiger partial charge in [-0.25, -0.2) is 13.2 Å². The van der Waals surface area contributed by atoms with Crippen molar-refractivity contribution in [3.05, 3.63) is 41.5 Å². The van der Waals surface area contributed by atoms with Crippen LogP contribution in [0, 0.1) is 6.92 Å². The van der Waals surface area contributed by atoms with E-state index in [-0.39, 0.29) is 23.5 Å². The molecule has 0 radical (unpaired) electrons. The normalized spacial score (nSPS) is 20.0. The second-order valence-corrected chi connectivity index (χ2v) is 8.73. The van der Waals surface area contributed by atoms with Gasteiger partial charge in [-0.2, -0.15) is 0 Å². The molecule has 1 aromatic rings. The molecule has 0 aromatic heterocycles. The van der Waals surface area contributed by atoms with Crippen LogP contribution < -0.4 is 0 Å². The number of aryl methyl sites for hydroxylation is 1. The first-order valence-electron chi connectivity index (χ1n) is 8.68. The predicted octanol–water partition coefficient (Wildman–Crippen LogP) is 1.98. The Balaban J connectivity index is 1.94. The van der Waals surface area contributed by atoms with Crippen LogP contribution >= 0.6 is 0 Å². The standard InChI is InChI=1S/C19H25NO5S/c1-4-20(17-11-12-26(23,24)13-17)19(22)15(3)25-18(21)10-9-16-7-5-14(2)6-8-16/h5-10,15,17H,4,11-13H2,1-3H3/b10-9+. The molecule has 0 spiro atoms. The third-order valence-corrected chi connectivity index (χ3v) is 6.15. The van der Waals surface area contributed by atoms with Crippen molar-refractivity contribution in [3.63, 3.8) is 0 Å². The quantitative estimate of drug-likeness (QED) is 0.558. The van der Waals surface area contributed by atoms with Crippen LogP contribution in [0.3, 0.4) is 0 Å². The summed E-state index contributed by atoms with van der Waals surface area (Å²) < 4.78 is 28.5. The van der Waals surface area contributed by atoms with E-state index in [1.165, 1.54) is 17.9 Å². The van der Waals surface area contributed by atoms with Crippen molar-refractivity contribution in [1.82, 2.24) is 4.90 Å². The topological polar surface area (TPSA) is 80.8 Å². The van der Waals surface area contributed by atoms with E-state index in [9.17, 15) is 18.0 Å². The average Bonchev–Trinajstić information content (AvgIpc) is 2.94. The van der Waals surface area contributed by atoms with Gasteiger partial charge >= 0.3 is 5.97 Å². The molecule has 2 unspecified atom stereocenters. The van der Waals surface area contributed by atoms with E-state index in [0.717, 1.165) is 11.1 Å². The minimum absolute atomic E-state index is 0.0272. The molecule has 2 rings (SSSR count). The Hall–Kier alpha value is -2.15. The van der Waals surface area contributed by atoms with Crippen LogP contribution in [0.2, 0.25) is 0 Å². The van der Waals surface area contributed by atoms with Gasteiger partial charge in [-0.1, -0.05) is 29.8 Å². The van der Waals surface area contributed by atoms with Crippen molar-refractivity contribution in [2.24, 2.45) is 0 Å². The minimum atomic E-state index is -3.09. The molecule has 1 aliphatic heterocycles. The monoisotopic (exact) mass is 379 g/mol. The van der Waals surface area contributed by atoms with E-state index >= 15 is 0 Å². The first kappa shape index (κ1) is 20.2. The summed E-state index contributed by atoms with van der Waals surface area (Å²) in [6.07, 6.45) is 2.37. The summed E-state index contributed by atoms with van der Waals surface area (Å²) in [7, 11) is -3.09. The molecule has 1 saturated heterocycles. The highest BCUT2D eigenvalue weighted by atomic mass is 32.2. The Kier molecular flexibility index (Phi) is 6.58. The first-order valence-corrected chi connectivity index (χ1v) is 10.5. The largest absolute Gasteiger partial charge is 0.449 e. The summed E-state index contributed by atoms with van der Waals surface area (Å²) in [4.78, 5) is 26.0. The molecule has 1 aliphatic rings. The van der Waals surface area contributed by atoms with E-state index < -0.39 is 21.9 Å². The fourth-order valence-corrected chi connectivity index (χ4v) is 4.69. The van der Waals surface area contributed by atoms with E-state index in [2.05, 4.69) is 0 Å². The number of carbonyl (C=O) groups excluding carboxylic acids is 2. The predicted molar refractivity (Wildman–Crippen MR) is 100 cm³/mol. The molecule has 6 nitrogen and oxygen atoms in total. The zero-order valence-corrected chi connectivity index (χ0v) is 16.2. The second-order valence-electron chi connectivity index (χ2n) is 6.50. The van der Waals surface area contributed by atoms with Crippen molar-refractivity contribution < 1.29 is 22.7 Å². The molecule has 0 aliphatic carbocycles. The fraction of sp³-hybridized carbons (Fsp3) is 0.474. The van der Waals surface area contributed by atoms with Crippen LogP contribution in [-0.4, -0.2) is 55.4 Å². The van der Waals surface area contributed by atoms with Gasteiger partial charge < -0.3 is 9.64 Å². The molecule has 1 heterocycles. The summed E-state index contributed by atoms with van der Waals surface area (Å²) in [5.74, 6) is -0.914. The van der Waals surface area contributed by atoms with Crippen molar-refractivity contribution in [2.75, 3.05) is 18.1 Å². The number of hydrogen-bond acceptors (Lipinski definition) is 5. The number of benzene rings is 1. The van der Waals surface area contributed by atoms with Crippen molar-refractivity contribution in [2.45, 2.75) is 39.3 Å². The summed E-state index contributed by atoms with van der Waals surface area (Å²) in [5.41, 5.74) is 1.98. The molecule has 0 saturated carbocycles. The maximum absolute atomic E-state index is 12.5. The summed E-state index contributed by atoms with van der Waals surface area (Å²) >= 11 is 0. The molecule has 0 bridgehead atoms. The van der Waals surface area contributed by atoms with Gasteiger partial charge in [0.2, 0.25) is 0 Å². The lowest BCUT2D eigenvalue weighted by molar-refractivity contribution is -0.156. The Morgan fingerprint density at radius 1 is 1.31 bits per heavy atom. The third kappa shape index (κ3) is 5.42. The summed E-state index contributed by atoms with van der Waals surface area (Å²) in [6, 6.07) is 7.29. The second kappa shape index (κ2) is 8.49. The number of carbonyl (C=O) groups is 2. The average molecular weight is 379 g/mol. The number of nitrogens with zero attached hydrogens (tertiary/aromatic N) is 1. The Morgan fingerprint density at radius 2 is 1.96 bits per heavy atom. The molecular formula is C19H25NO5S. The Bertz CT molecular complexity index is 783. The maximum atomic E-state index is 12.5. The molecule has 1 fully saturated rings. The molecule has 1 amide bonds. The van der Waals surface area contributed by atoms with Crippen LogP contribution in [-0.2, 0) is 24.2 Å². The Labute approximate surface area is 154 Å². The highest BCUT2D eigenvalue weighted by Gasteiger charge is 2.36. The van der Waals surface area contributed by atoms with Gasteiger partial charge in [0.1, 0.15) is 0 Å². The maximum Gasteiger partial charge on any atom is 0.331 e. The van der Waals surface area contributed by atoms with Crippen LogP contribution in [0.15, 0.2) is 30.3 Å². The van der Waals surface area contributed by atoms with E-state index in [0.29, 0.717) is 13.0 Å². The molecule has 1 aromatic carbocycles. The van der Waals surface area contributed by atoms with Crippen LogP contribution in [0.5, 0.6) is 0 Å². The third-order valence-electron chi connectivity index (χ3n) is 4.40. The number of rotatable bonds is 6. The molecule has 2 atom stereocenters. The van der Waals surface area contributed by atoms with Gasteiger partial charge in [0.05, 0.1) is 11.5 Å². The van der Waals surface area contributed by atoms with Crippen LogP contribution in [0.1, 0.15) is 31.4 Å².